The third kappa shape index (κ3) is 6.39. The van der Waals surface area contributed by atoms with E-state index in [-0.39, 0.29) is 22.1 Å². The molecule has 0 saturated carbocycles. The number of halogens is 2. The Morgan fingerprint density at radius 1 is 0.939 bits per heavy atom. The average Bonchev–Trinajstić information content (AvgIpc) is 2.80. The molecular weight excluding hydrogens is 487 g/mol. The Kier molecular flexibility index (Phi) is 8.20. The van der Waals surface area contributed by atoms with Crippen LogP contribution in [0.5, 0.6) is 11.5 Å². The second kappa shape index (κ2) is 10.9. The lowest BCUT2D eigenvalue weighted by molar-refractivity contribution is -0.117. The van der Waals surface area contributed by atoms with Gasteiger partial charge in [0.1, 0.15) is 6.04 Å². The molecule has 1 atom stereocenters. The quantitative estimate of drug-likeness (QED) is 0.442. The number of nitrogens with one attached hydrogen (secondary N) is 2. The highest BCUT2D eigenvalue weighted by atomic mass is 35.5. The van der Waals surface area contributed by atoms with Crippen molar-refractivity contribution in [3.05, 3.63) is 82.3 Å². The van der Waals surface area contributed by atoms with Crippen LogP contribution in [0.4, 0.5) is 5.69 Å². The van der Waals surface area contributed by atoms with Crippen LogP contribution < -0.4 is 19.5 Å². The van der Waals surface area contributed by atoms with Gasteiger partial charge in [0.25, 0.3) is 0 Å². The number of amides is 1. The van der Waals surface area contributed by atoms with Gasteiger partial charge in [0.05, 0.1) is 29.8 Å². The Hall–Kier alpha value is -2.78. The Balaban J connectivity index is 1.91. The molecule has 0 aliphatic carbocycles. The molecule has 10 heteroatoms. The molecule has 0 aromatic heterocycles. The Morgan fingerprint density at radius 2 is 1.64 bits per heavy atom. The van der Waals surface area contributed by atoms with Gasteiger partial charge in [0.15, 0.2) is 11.5 Å². The SMILES string of the molecule is COc1ccc(S(=O)(=O)N[C@@H](Cc2ccccc2)C(=O)Nc2ccc(Cl)cc2Cl)cc1OC. The molecule has 7 nitrogen and oxygen atoms in total. The zero-order chi connectivity index (χ0) is 24.0. The third-order valence-electron chi connectivity index (χ3n) is 4.75. The number of hydrogen-bond donors (Lipinski definition) is 2. The van der Waals surface area contributed by atoms with Crippen LogP contribution in [0.1, 0.15) is 5.56 Å². The van der Waals surface area contributed by atoms with E-state index in [1.54, 1.807) is 24.3 Å². The molecule has 3 aromatic carbocycles. The van der Waals surface area contributed by atoms with Crippen LogP contribution in [0.2, 0.25) is 10.0 Å². The fourth-order valence-corrected chi connectivity index (χ4v) is 4.75. The van der Waals surface area contributed by atoms with E-state index >= 15 is 0 Å². The van der Waals surface area contributed by atoms with Crippen molar-refractivity contribution >= 4 is 44.8 Å². The molecule has 2 N–H and O–H groups in total. The van der Waals surface area contributed by atoms with Gasteiger partial charge >= 0.3 is 0 Å². The van der Waals surface area contributed by atoms with Crippen molar-refractivity contribution in [2.75, 3.05) is 19.5 Å². The number of hydrogen-bond acceptors (Lipinski definition) is 5. The lowest BCUT2D eigenvalue weighted by atomic mass is 10.1. The number of methoxy groups -OCH3 is 2. The van der Waals surface area contributed by atoms with E-state index in [0.29, 0.717) is 16.5 Å². The summed E-state index contributed by atoms with van der Waals surface area (Å²) in [6.45, 7) is 0. The van der Waals surface area contributed by atoms with Gasteiger partial charge < -0.3 is 14.8 Å². The average molecular weight is 509 g/mol. The summed E-state index contributed by atoms with van der Waals surface area (Å²) in [7, 11) is -1.24. The minimum atomic E-state index is -4.09. The van der Waals surface area contributed by atoms with Gasteiger partial charge in [-0.05, 0) is 42.3 Å². The molecule has 0 radical (unpaired) electrons. The Bertz CT molecular complexity index is 1240. The minimum Gasteiger partial charge on any atom is -0.493 e. The van der Waals surface area contributed by atoms with Gasteiger partial charge in [-0.25, -0.2) is 8.42 Å². The standard InChI is InChI=1S/C23H22Cl2N2O5S/c1-31-21-11-9-17(14-22(21)32-2)33(29,30)27-20(12-15-6-4-3-5-7-15)23(28)26-19-10-8-16(24)13-18(19)25/h3-11,13-14,20,27H,12H2,1-2H3,(H,26,28)/t20-/m0/s1. The van der Waals surface area contributed by atoms with Crippen molar-refractivity contribution in [2.24, 2.45) is 0 Å². The smallest absolute Gasteiger partial charge is 0.242 e. The van der Waals surface area contributed by atoms with Crippen molar-refractivity contribution < 1.29 is 22.7 Å². The van der Waals surface area contributed by atoms with Crippen LogP contribution in [0, 0.1) is 0 Å². The van der Waals surface area contributed by atoms with Gasteiger partial charge in [-0.1, -0.05) is 53.5 Å². The van der Waals surface area contributed by atoms with Gasteiger partial charge in [0.2, 0.25) is 15.9 Å². The number of anilines is 1. The van der Waals surface area contributed by atoms with Crippen LogP contribution in [-0.4, -0.2) is 34.6 Å². The fourth-order valence-electron chi connectivity index (χ4n) is 3.09. The predicted molar refractivity (Wildman–Crippen MR) is 129 cm³/mol. The molecule has 174 valence electrons. The first-order chi connectivity index (χ1) is 15.7. The number of carbonyl (C=O) groups excluding carboxylic acids is 1. The maximum Gasteiger partial charge on any atom is 0.242 e. The summed E-state index contributed by atoms with van der Waals surface area (Å²) in [6.07, 6.45) is 0.115. The van der Waals surface area contributed by atoms with E-state index in [4.69, 9.17) is 32.7 Å². The zero-order valence-electron chi connectivity index (χ0n) is 17.8. The summed E-state index contributed by atoms with van der Waals surface area (Å²) in [5.74, 6) is 0.0527. The van der Waals surface area contributed by atoms with E-state index in [1.165, 1.54) is 38.5 Å². The summed E-state index contributed by atoms with van der Waals surface area (Å²) in [5.41, 5.74) is 1.09. The van der Waals surface area contributed by atoms with E-state index in [9.17, 15) is 13.2 Å². The van der Waals surface area contributed by atoms with Crippen LogP contribution in [0.25, 0.3) is 0 Å². The van der Waals surface area contributed by atoms with E-state index < -0.39 is 22.0 Å². The monoisotopic (exact) mass is 508 g/mol. The second-order valence-corrected chi connectivity index (χ2v) is 9.55. The third-order valence-corrected chi connectivity index (χ3v) is 6.77. The van der Waals surface area contributed by atoms with Gasteiger partial charge in [-0.3, -0.25) is 4.79 Å². The van der Waals surface area contributed by atoms with Gasteiger partial charge in [-0.15, -0.1) is 0 Å². The first-order valence-corrected chi connectivity index (χ1v) is 12.0. The number of ether oxygens (including phenoxy) is 2. The summed E-state index contributed by atoms with van der Waals surface area (Å²) in [6, 6.07) is 16.7. The molecule has 0 spiro atoms. The fraction of sp³-hybridized carbons (Fsp3) is 0.174. The topological polar surface area (TPSA) is 93.7 Å². The highest BCUT2D eigenvalue weighted by molar-refractivity contribution is 7.89. The molecule has 0 aliphatic heterocycles. The minimum absolute atomic E-state index is 0.0736. The molecule has 0 bridgehead atoms. The second-order valence-electron chi connectivity index (χ2n) is 6.99. The summed E-state index contributed by atoms with van der Waals surface area (Å²) in [4.78, 5) is 13.0. The summed E-state index contributed by atoms with van der Waals surface area (Å²) >= 11 is 12.1. The Morgan fingerprint density at radius 3 is 2.27 bits per heavy atom. The normalized spacial score (nSPS) is 12.1. The molecule has 1 amide bonds. The molecule has 3 rings (SSSR count). The Labute approximate surface area is 202 Å². The molecule has 0 aliphatic rings. The summed E-state index contributed by atoms with van der Waals surface area (Å²) < 4.78 is 39.1. The first-order valence-electron chi connectivity index (χ1n) is 9.77. The maximum absolute atomic E-state index is 13.1. The molecule has 0 heterocycles. The zero-order valence-corrected chi connectivity index (χ0v) is 20.2. The van der Waals surface area contributed by atoms with Crippen molar-refractivity contribution in [3.63, 3.8) is 0 Å². The molecule has 0 saturated heterocycles. The van der Waals surface area contributed by atoms with Crippen LogP contribution in [0.3, 0.4) is 0 Å². The molecular formula is C23H22Cl2N2O5S. The number of carbonyl (C=O) groups is 1. The van der Waals surface area contributed by atoms with Crippen molar-refractivity contribution in [2.45, 2.75) is 17.4 Å². The first kappa shape index (κ1) is 24.9. The van der Waals surface area contributed by atoms with Crippen LogP contribution in [-0.2, 0) is 21.2 Å². The van der Waals surface area contributed by atoms with E-state index in [1.807, 2.05) is 18.2 Å². The van der Waals surface area contributed by atoms with E-state index in [2.05, 4.69) is 10.0 Å². The van der Waals surface area contributed by atoms with Gasteiger partial charge in [0, 0.05) is 11.1 Å². The maximum atomic E-state index is 13.1. The van der Waals surface area contributed by atoms with Gasteiger partial charge in [-0.2, -0.15) is 4.72 Å². The lowest BCUT2D eigenvalue weighted by Gasteiger charge is -2.20. The van der Waals surface area contributed by atoms with Crippen LogP contribution in [0.15, 0.2) is 71.6 Å². The lowest BCUT2D eigenvalue weighted by Crippen LogP contribution is -2.45. The molecule has 3 aromatic rings. The van der Waals surface area contributed by atoms with Crippen molar-refractivity contribution in [3.8, 4) is 11.5 Å². The largest absolute Gasteiger partial charge is 0.493 e. The van der Waals surface area contributed by atoms with Crippen molar-refractivity contribution in [1.82, 2.24) is 4.72 Å². The number of benzene rings is 3. The molecule has 0 unspecified atom stereocenters. The van der Waals surface area contributed by atoms with E-state index in [0.717, 1.165) is 5.56 Å². The molecule has 33 heavy (non-hydrogen) atoms. The van der Waals surface area contributed by atoms with Crippen LogP contribution >= 0.6 is 23.2 Å². The number of rotatable bonds is 9. The highest BCUT2D eigenvalue weighted by Gasteiger charge is 2.27. The predicted octanol–water partition coefficient (Wildman–Crippen LogP) is 4.54. The highest BCUT2D eigenvalue weighted by Crippen LogP contribution is 2.30. The van der Waals surface area contributed by atoms with Crippen molar-refractivity contribution in [1.29, 1.82) is 0 Å². The number of sulfonamides is 1. The summed E-state index contributed by atoms with van der Waals surface area (Å²) in [5, 5.41) is 3.32. The molecule has 0 fully saturated rings.